The fraction of sp³-hybridized carbons (Fsp3) is 0.692. The zero-order valence-electron chi connectivity index (χ0n) is 20.4. The van der Waals surface area contributed by atoms with Crippen molar-refractivity contribution in [3.63, 3.8) is 0 Å². The maximum Gasteiger partial charge on any atom is 0.380 e. The van der Waals surface area contributed by atoms with Crippen molar-refractivity contribution in [2.45, 2.75) is 90.4 Å². The van der Waals surface area contributed by atoms with Gasteiger partial charge in [0.05, 0.1) is 5.41 Å². The number of likely N-dealkylation sites (tertiary alicyclic amines) is 1. The molecule has 34 heavy (non-hydrogen) atoms. The molecule has 1 heterocycles. The van der Waals surface area contributed by atoms with E-state index in [9.17, 15) is 18.0 Å². The summed E-state index contributed by atoms with van der Waals surface area (Å²) in [6.45, 7) is 4.85. The molecule has 188 valence electrons. The van der Waals surface area contributed by atoms with Gasteiger partial charge in [0.1, 0.15) is 5.75 Å². The Hall–Kier alpha value is -1.93. The molecule has 1 aliphatic heterocycles. The minimum Gasteiger partial charge on any atom is -0.371 e. The van der Waals surface area contributed by atoms with Crippen LogP contribution in [0.15, 0.2) is 18.2 Å². The number of aryl methyl sites for hydroxylation is 1. The Bertz CT molecular complexity index is 1040. The first kappa shape index (κ1) is 25.2. The number of benzene rings is 1. The van der Waals surface area contributed by atoms with Gasteiger partial charge >= 0.3 is 10.3 Å². The van der Waals surface area contributed by atoms with E-state index in [4.69, 9.17) is 9.32 Å². The van der Waals surface area contributed by atoms with E-state index in [0.29, 0.717) is 13.0 Å². The second-order valence-corrected chi connectivity index (χ2v) is 11.6. The van der Waals surface area contributed by atoms with E-state index < -0.39 is 15.7 Å². The van der Waals surface area contributed by atoms with Gasteiger partial charge in [-0.3, -0.25) is 14.5 Å². The van der Waals surface area contributed by atoms with Gasteiger partial charge in [-0.15, -0.1) is 0 Å². The Kier molecular flexibility index (Phi) is 7.38. The summed E-state index contributed by atoms with van der Waals surface area (Å²) in [5, 5.41) is 5.03. The predicted octanol–water partition coefficient (Wildman–Crippen LogP) is 4.45. The van der Waals surface area contributed by atoms with Gasteiger partial charge in [-0.25, -0.2) is 0 Å². The summed E-state index contributed by atoms with van der Waals surface area (Å²) in [4.78, 5) is 28.6. The summed E-state index contributed by atoms with van der Waals surface area (Å²) in [6, 6.07) is 5.39. The Morgan fingerprint density at radius 1 is 1.12 bits per heavy atom. The smallest absolute Gasteiger partial charge is 0.371 e. The molecule has 1 aromatic carbocycles. The molecule has 2 fully saturated rings. The van der Waals surface area contributed by atoms with Crippen LogP contribution in [0.1, 0.15) is 95.1 Å². The molecule has 8 heteroatoms. The van der Waals surface area contributed by atoms with Crippen LogP contribution < -0.4 is 9.32 Å². The lowest BCUT2D eigenvalue weighted by Crippen LogP contribution is -2.60. The highest BCUT2D eigenvalue weighted by Gasteiger charge is 2.58. The third kappa shape index (κ3) is 4.76. The second kappa shape index (κ2) is 9.97. The van der Waals surface area contributed by atoms with Crippen molar-refractivity contribution in [2.24, 2.45) is 22.4 Å². The first-order valence-corrected chi connectivity index (χ1v) is 14.4. The minimum absolute atomic E-state index is 0.00146. The van der Waals surface area contributed by atoms with Crippen LogP contribution in [0.2, 0.25) is 0 Å². The number of hydrogen-bond acceptors (Lipinski definition) is 5. The molecule has 3 unspecified atom stereocenters. The summed E-state index contributed by atoms with van der Waals surface area (Å²) in [6.07, 6.45) is 9.82. The third-order valence-electron chi connectivity index (χ3n) is 8.42. The molecule has 4 rings (SSSR count). The van der Waals surface area contributed by atoms with E-state index >= 15 is 0 Å². The van der Waals surface area contributed by atoms with Crippen LogP contribution in [0.4, 0.5) is 0 Å². The minimum atomic E-state index is -4.06. The van der Waals surface area contributed by atoms with Crippen molar-refractivity contribution < 1.29 is 22.2 Å². The van der Waals surface area contributed by atoms with Crippen LogP contribution in [-0.2, 0) is 26.3 Å². The number of nitrogens with zero attached hydrogens (tertiary/aromatic N) is 1. The van der Waals surface area contributed by atoms with Crippen LogP contribution in [-0.4, -0.2) is 31.7 Å². The zero-order chi connectivity index (χ0) is 24.5. The lowest BCUT2D eigenvalue weighted by Gasteiger charge is -2.56. The quantitative estimate of drug-likeness (QED) is 0.406. The molecule has 7 nitrogen and oxygen atoms in total. The number of imide groups is 1. The number of nitrogens with two attached hydrogens (primary N) is 1. The van der Waals surface area contributed by atoms with Crippen molar-refractivity contribution in [3.8, 4) is 5.75 Å². The topological polar surface area (TPSA) is 107 Å². The summed E-state index contributed by atoms with van der Waals surface area (Å²) in [5.41, 5.74) is 1.85. The van der Waals surface area contributed by atoms with Crippen molar-refractivity contribution in [2.75, 3.05) is 6.54 Å². The number of amides is 2. The SMILES string of the molecule is CCCCCCN1C(=O)CC2C3CCc4cc(OS(N)(=O)=O)ccc4C3CC[C@]2(CCC)C1=O. The summed E-state index contributed by atoms with van der Waals surface area (Å²) >= 11 is 0. The molecular weight excluding hydrogens is 452 g/mol. The van der Waals surface area contributed by atoms with E-state index in [1.807, 2.05) is 6.07 Å². The number of piperidine rings is 1. The van der Waals surface area contributed by atoms with Crippen molar-refractivity contribution >= 4 is 22.1 Å². The number of unbranched alkanes of at least 4 members (excludes halogenated alkanes) is 3. The molecule has 4 atom stereocenters. The molecule has 2 aliphatic carbocycles. The van der Waals surface area contributed by atoms with E-state index in [2.05, 4.69) is 13.8 Å². The zero-order valence-corrected chi connectivity index (χ0v) is 21.2. The molecule has 1 aromatic rings. The fourth-order valence-electron chi connectivity index (χ4n) is 7.04. The van der Waals surface area contributed by atoms with Crippen molar-refractivity contribution in [1.29, 1.82) is 0 Å². The average Bonchev–Trinajstić information content (AvgIpc) is 2.78. The maximum absolute atomic E-state index is 13.9. The molecular formula is C26H38N2O5S. The summed E-state index contributed by atoms with van der Waals surface area (Å²) < 4.78 is 27.5. The highest BCUT2D eigenvalue weighted by molar-refractivity contribution is 7.84. The van der Waals surface area contributed by atoms with Crippen molar-refractivity contribution in [1.82, 2.24) is 4.90 Å². The fourth-order valence-corrected chi connectivity index (χ4v) is 7.41. The standard InChI is InChI=1S/C26H38N2O5S/c1-3-5-6-7-15-28-24(29)17-23-22-10-8-18-16-19(33-34(27,31)32)9-11-20(18)21(22)12-14-26(23,13-4-2)25(28)30/h9,11,16,21-23H,3-8,10,12-15,17H2,1-2H3,(H2,27,31,32)/t21?,22?,23?,26-/m0/s1. The van der Waals surface area contributed by atoms with E-state index in [1.54, 1.807) is 17.0 Å². The number of fused-ring (bicyclic) bond motifs is 5. The van der Waals surface area contributed by atoms with Crippen LogP contribution in [0.25, 0.3) is 0 Å². The summed E-state index contributed by atoms with van der Waals surface area (Å²) in [5.74, 6) is 0.950. The van der Waals surface area contributed by atoms with E-state index in [0.717, 1.165) is 69.8 Å². The number of hydrogen-bond donors (Lipinski definition) is 1. The molecule has 2 amide bonds. The molecule has 0 aromatic heterocycles. The van der Waals surface area contributed by atoms with Gasteiger partial charge < -0.3 is 4.18 Å². The molecule has 0 radical (unpaired) electrons. The van der Waals surface area contributed by atoms with Crippen molar-refractivity contribution in [3.05, 3.63) is 29.3 Å². The molecule has 0 spiro atoms. The highest BCUT2D eigenvalue weighted by atomic mass is 32.2. The van der Waals surface area contributed by atoms with Gasteiger partial charge in [0.2, 0.25) is 11.8 Å². The lowest BCUT2D eigenvalue weighted by molar-refractivity contribution is -0.170. The number of carbonyl (C=O) groups excluding carboxylic acids is 2. The van der Waals surface area contributed by atoms with Crippen LogP contribution >= 0.6 is 0 Å². The first-order chi connectivity index (χ1) is 16.2. The van der Waals surface area contributed by atoms with Gasteiger partial charge in [0.25, 0.3) is 0 Å². The molecule has 0 bridgehead atoms. The number of carbonyl (C=O) groups is 2. The Balaban J connectivity index is 1.58. The van der Waals surface area contributed by atoms with Crippen LogP contribution in [0, 0.1) is 17.3 Å². The Morgan fingerprint density at radius 3 is 2.62 bits per heavy atom. The lowest BCUT2D eigenvalue weighted by atomic mass is 9.50. The van der Waals surface area contributed by atoms with E-state index in [-0.39, 0.29) is 35.3 Å². The summed E-state index contributed by atoms with van der Waals surface area (Å²) in [7, 11) is -4.06. The third-order valence-corrected chi connectivity index (χ3v) is 8.84. The maximum atomic E-state index is 13.9. The average molecular weight is 491 g/mol. The molecule has 2 N–H and O–H groups in total. The molecule has 1 saturated carbocycles. The normalized spacial score (nSPS) is 28.8. The van der Waals surface area contributed by atoms with Gasteiger partial charge in [-0.05, 0) is 79.5 Å². The largest absolute Gasteiger partial charge is 0.380 e. The van der Waals surface area contributed by atoms with E-state index in [1.165, 1.54) is 5.56 Å². The highest BCUT2D eigenvalue weighted by Crippen LogP contribution is 2.59. The Labute approximate surface area is 203 Å². The second-order valence-electron chi connectivity index (χ2n) is 10.4. The Morgan fingerprint density at radius 2 is 1.91 bits per heavy atom. The number of rotatable bonds is 9. The van der Waals surface area contributed by atoms with Gasteiger partial charge in [-0.2, -0.15) is 13.6 Å². The molecule has 1 saturated heterocycles. The van der Waals surface area contributed by atoms with Gasteiger partial charge in [0.15, 0.2) is 0 Å². The van der Waals surface area contributed by atoms with Crippen LogP contribution in [0.3, 0.4) is 0 Å². The van der Waals surface area contributed by atoms with Gasteiger partial charge in [-0.1, -0.05) is 45.6 Å². The first-order valence-electron chi connectivity index (χ1n) is 12.9. The predicted molar refractivity (Wildman–Crippen MR) is 130 cm³/mol. The van der Waals surface area contributed by atoms with Gasteiger partial charge in [0, 0.05) is 13.0 Å². The van der Waals surface area contributed by atoms with Crippen LogP contribution in [0.5, 0.6) is 5.75 Å². The molecule has 3 aliphatic rings. The monoisotopic (exact) mass is 490 g/mol.